The zero-order valence-electron chi connectivity index (χ0n) is 18.9. The molecule has 32 heavy (non-hydrogen) atoms. The van der Waals surface area contributed by atoms with E-state index < -0.39 is 0 Å². The third kappa shape index (κ3) is 6.66. The Hall–Kier alpha value is -3.68. The Morgan fingerprint density at radius 3 is 2.38 bits per heavy atom. The highest BCUT2D eigenvalue weighted by atomic mass is 16.5. The number of aromatic nitrogens is 2. The van der Waals surface area contributed by atoms with Gasteiger partial charge >= 0.3 is 6.03 Å². The van der Waals surface area contributed by atoms with E-state index in [1.807, 2.05) is 52.0 Å². The molecule has 0 radical (unpaired) electrons. The van der Waals surface area contributed by atoms with Crippen LogP contribution in [0.5, 0.6) is 0 Å². The fraction of sp³-hybridized carbons (Fsp3) is 0.333. The number of benzene rings is 2. The molecule has 0 spiro atoms. The molecule has 0 saturated carbocycles. The molecule has 0 aliphatic carbocycles. The summed E-state index contributed by atoms with van der Waals surface area (Å²) in [6, 6.07) is 14.2. The number of aryl methyl sites for hydroxylation is 2. The van der Waals surface area contributed by atoms with Crippen molar-refractivity contribution in [3.05, 3.63) is 65.8 Å². The molecule has 3 N–H and O–H groups in total. The van der Waals surface area contributed by atoms with E-state index in [1.165, 1.54) is 0 Å². The molecule has 3 rings (SSSR count). The van der Waals surface area contributed by atoms with E-state index in [2.05, 4.69) is 26.1 Å². The van der Waals surface area contributed by atoms with Gasteiger partial charge in [0, 0.05) is 35.3 Å². The van der Waals surface area contributed by atoms with Crippen molar-refractivity contribution in [3.63, 3.8) is 0 Å². The molecular formula is C24H29N5O3. The largest absolute Gasteiger partial charge is 0.339 e. The van der Waals surface area contributed by atoms with Gasteiger partial charge in [0.05, 0.1) is 0 Å². The standard InChI is InChI=1S/C24H29N5O3/c1-16-13-14-18(26-23(31)25-17-9-6-5-7-10-17)15-19(16)27-20(30)11-8-12-21-28-22(29-32-21)24(2,3)4/h5-7,9-10,13-15H,8,11-12H2,1-4H3,(H,27,30)(H2,25,26,31). The number of hydrogen-bond donors (Lipinski definition) is 3. The first-order chi connectivity index (χ1) is 15.2. The summed E-state index contributed by atoms with van der Waals surface area (Å²) in [5, 5.41) is 12.5. The molecule has 8 heteroatoms. The lowest BCUT2D eigenvalue weighted by Crippen LogP contribution is -2.19. The van der Waals surface area contributed by atoms with Gasteiger partial charge < -0.3 is 20.5 Å². The van der Waals surface area contributed by atoms with Gasteiger partial charge in [-0.2, -0.15) is 4.98 Å². The average molecular weight is 436 g/mol. The average Bonchev–Trinajstić information content (AvgIpc) is 3.21. The first-order valence-electron chi connectivity index (χ1n) is 10.6. The number of rotatable bonds is 7. The van der Waals surface area contributed by atoms with Gasteiger partial charge in [-0.1, -0.05) is 50.2 Å². The molecule has 8 nitrogen and oxygen atoms in total. The minimum atomic E-state index is -0.355. The highest BCUT2D eigenvalue weighted by Gasteiger charge is 2.20. The van der Waals surface area contributed by atoms with Crippen LogP contribution in [0.2, 0.25) is 0 Å². The van der Waals surface area contributed by atoms with Crippen LogP contribution in [0.3, 0.4) is 0 Å². The molecule has 0 atom stereocenters. The quantitative estimate of drug-likeness (QED) is 0.468. The Bertz CT molecular complexity index is 1070. The fourth-order valence-corrected chi connectivity index (χ4v) is 2.92. The van der Waals surface area contributed by atoms with Gasteiger partial charge in [-0.05, 0) is 43.2 Å². The van der Waals surface area contributed by atoms with Crippen LogP contribution >= 0.6 is 0 Å². The number of anilines is 3. The molecular weight excluding hydrogens is 406 g/mol. The zero-order valence-corrected chi connectivity index (χ0v) is 18.9. The lowest BCUT2D eigenvalue weighted by molar-refractivity contribution is -0.116. The van der Waals surface area contributed by atoms with Crippen LogP contribution in [0, 0.1) is 6.92 Å². The second-order valence-corrected chi connectivity index (χ2v) is 8.64. The van der Waals surface area contributed by atoms with Gasteiger partial charge in [0.1, 0.15) is 0 Å². The number of carbonyl (C=O) groups is 2. The lowest BCUT2D eigenvalue weighted by atomic mass is 9.96. The minimum Gasteiger partial charge on any atom is -0.339 e. The van der Waals surface area contributed by atoms with Crippen molar-refractivity contribution in [2.75, 3.05) is 16.0 Å². The molecule has 1 aromatic heterocycles. The smallest absolute Gasteiger partial charge is 0.323 e. The van der Waals surface area contributed by atoms with Crippen molar-refractivity contribution in [1.29, 1.82) is 0 Å². The van der Waals surface area contributed by atoms with Crippen LogP contribution in [0.1, 0.15) is 50.9 Å². The molecule has 168 valence electrons. The summed E-state index contributed by atoms with van der Waals surface area (Å²) in [6.45, 7) is 7.96. The molecule has 2 aromatic carbocycles. The van der Waals surface area contributed by atoms with Crippen molar-refractivity contribution < 1.29 is 14.1 Å². The minimum absolute atomic E-state index is 0.116. The number of carbonyl (C=O) groups excluding carboxylic acids is 2. The Labute approximate surface area is 187 Å². The maximum atomic E-state index is 12.4. The van der Waals surface area contributed by atoms with Gasteiger partial charge in [0.25, 0.3) is 0 Å². The highest BCUT2D eigenvalue weighted by molar-refractivity contribution is 6.00. The molecule has 3 aromatic rings. The van der Waals surface area contributed by atoms with E-state index in [4.69, 9.17) is 4.52 Å². The summed E-state index contributed by atoms with van der Waals surface area (Å²) in [6.07, 6.45) is 1.45. The number of hydrogen-bond acceptors (Lipinski definition) is 5. The lowest BCUT2D eigenvalue weighted by Gasteiger charge is -2.12. The van der Waals surface area contributed by atoms with E-state index in [1.54, 1.807) is 24.3 Å². The summed E-state index contributed by atoms with van der Waals surface area (Å²) in [4.78, 5) is 29.0. The summed E-state index contributed by atoms with van der Waals surface area (Å²) in [5.41, 5.74) is 2.66. The van der Waals surface area contributed by atoms with E-state index in [0.29, 0.717) is 48.0 Å². The molecule has 0 aliphatic rings. The van der Waals surface area contributed by atoms with E-state index in [0.717, 1.165) is 5.56 Å². The maximum Gasteiger partial charge on any atom is 0.323 e. The Kier molecular flexibility index (Phi) is 7.25. The molecule has 1 heterocycles. The first kappa shape index (κ1) is 23.0. The SMILES string of the molecule is Cc1ccc(NC(=O)Nc2ccccc2)cc1NC(=O)CCCc1nc(C(C)(C)C)no1. The second-order valence-electron chi connectivity index (χ2n) is 8.64. The van der Waals surface area contributed by atoms with Crippen LogP contribution in [0.15, 0.2) is 53.1 Å². The van der Waals surface area contributed by atoms with Crippen molar-refractivity contribution in [1.82, 2.24) is 10.1 Å². The Balaban J connectivity index is 1.51. The number of para-hydroxylation sites is 1. The van der Waals surface area contributed by atoms with Gasteiger partial charge in [0.2, 0.25) is 11.8 Å². The molecule has 0 unspecified atom stereocenters. The van der Waals surface area contributed by atoms with E-state index in [9.17, 15) is 9.59 Å². The number of urea groups is 1. The van der Waals surface area contributed by atoms with Crippen LogP contribution in [0.25, 0.3) is 0 Å². The molecule has 0 bridgehead atoms. The first-order valence-corrected chi connectivity index (χ1v) is 10.6. The van der Waals surface area contributed by atoms with Crippen LogP contribution in [-0.4, -0.2) is 22.1 Å². The van der Waals surface area contributed by atoms with E-state index >= 15 is 0 Å². The van der Waals surface area contributed by atoms with E-state index in [-0.39, 0.29) is 17.4 Å². The number of nitrogens with one attached hydrogen (secondary N) is 3. The van der Waals surface area contributed by atoms with Gasteiger partial charge in [-0.25, -0.2) is 4.79 Å². The van der Waals surface area contributed by atoms with Gasteiger partial charge in [0.15, 0.2) is 5.82 Å². The van der Waals surface area contributed by atoms with Crippen molar-refractivity contribution in [2.45, 2.75) is 52.4 Å². The predicted octanol–water partition coefficient (Wildman–Crippen LogP) is 5.28. The Morgan fingerprint density at radius 1 is 0.969 bits per heavy atom. The molecule has 0 aliphatic heterocycles. The highest BCUT2D eigenvalue weighted by Crippen LogP contribution is 2.22. The second kappa shape index (κ2) is 10.1. The Morgan fingerprint density at radius 2 is 1.69 bits per heavy atom. The monoisotopic (exact) mass is 435 g/mol. The molecule has 0 fully saturated rings. The summed E-state index contributed by atoms with van der Waals surface area (Å²) in [7, 11) is 0. The fourth-order valence-electron chi connectivity index (χ4n) is 2.92. The maximum absolute atomic E-state index is 12.4. The third-order valence-corrected chi connectivity index (χ3v) is 4.73. The normalized spacial score (nSPS) is 11.1. The van der Waals surface area contributed by atoms with Gasteiger partial charge in [-0.15, -0.1) is 0 Å². The van der Waals surface area contributed by atoms with Crippen LogP contribution in [-0.2, 0) is 16.6 Å². The van der Waals surface area contributed by atoms with Gasteiger partial charge in [-0.3, -0.25) is 4.79 Å². The number of nitrogens with zero attached hydrogens (tertiary/aromatic N) is 2. The summed E-state index contributed by atoms with van der Waals surface area (Å²) >= 11 is 0. The van der Waals surface area contributed by atoms with Crippen molar-refractivity contribution in [3.8, 4) is 0 Å². The third-order valence-electron chi connectivity index (χ3n) is 4.73. The van der Waals surface area contributed by atoms with Crippen molar-refractivity contribution >= 4 is 29.0 Å². The zero-order chi connectivity index (χ0) is 23.1. The van der Waals surface area contributed by atoms with Crippen LogP contribution in [0.4, 0.5) is 21.9 Å². The summed E-state index contributed by atoms with van der Waals surface area (Å²) < 4.78 is 5.27. The van der Waals surface area contributed by atoms with Crippen molar-refractivity contribution in [2.24, 2.45) is 0 Å². The molecule has 0 saturated heterocycles. The molecule has 3 amide bonds. The summed E-state index contributed by atoms with van der Waals surface area (Å²) in [5.74, 6) is 1.08. The topological polar surface area (TPSA) is 109 Å². The number of amides is 3. The van der Waals surface area contributed by atoms with Crippen LogP contribution < -0.4 is 16.0 Å². The predicted molar refractivity (Wildman–Crippen MR) is 125 cm³/mol.